The first-order chi connectivity index (χ1) is 8.09. The van der Waals surface area contributed by atoms with Gasteiger partial charge in [-0.05, 0) is 25.1 Å². The first-order valence-corrected chi connectivity index (χ1v) is 5.54. The molecule has 2 rings (SSSR count). The Balaban J connectivity index is 0.00000162. The summed E-state index contributed by atoms with van der Waals surface area (Å²) in [5.41, 5.74) is 6.70. The monoisotopic (exact) mass is 269 g/mol. The van der Waals surface area contributed by atoms with E-state index in [0.29, 0.717) is 24.3 Å². The van der Waals surface area contributed by atoms with E-state index in [-0.39, 0.29) is 24.2 Å². The number of halogens is 1. The normalized spacial score (nSPS) is 18.8. The number of amides is 2. The van der Waals surface area contributed by atoms with Crippen molar-refractivity contribution in [1.29, 1.82) is 0 Å². The summed E-state index contributed by atoms with van der Waals surface area (Å²) in [5.74, 6) is -0.270. The Kier molecular flexibility index (Phi) is 4.55. The van der Waals surface area contributed by atoms with Crippen molar-refractivity contribution in [3.63, 3.8) is 0 Å². The Bertz CT molecular complexity index is 464. The number of carbonyl (C=O) groups is 2. The molecule has 0 spiro atoms. The summed E-state index contributed by atoms with van der Waals surface area (Å²) in [5, 5.41) is 2.72. The lowest BCUT2D eigenvalue weighted by molar-refractivity contribution is -0.127. The molecule has 2 amide bonds. The molecule has 1 aliphatic rings. The lowest BCUT2D eigenvalue weighted by atomic mass is 10.1. The van der Waals surface area contributed by atoms with Crippen LogP contribution in [0.1, 0.15) is 17.3 Å². The van der Waals surface area contributed by atoms with E-state index in [9.17, 15) is 9.59 Å². The number of hydrogen-bond acceptors (Lipinski definition) is 3. The maximum absolute atomic E-state index is 12.2. The zero-order valence-corrected chi connectivity index (χ0v) is 10.9. The van der Waals surface area contributed by atoms with Crippen molar-refractivity contribution in [3.05, 3.63) is 29.8 Å². The highest BCUT2D eigenvalue weighted by Gasteiger charge is 2.29. The highest BCUT2D eigenvalue weighted by molar-refractivity contribution is 5.98. The Morgan fingerprint density at radius 1 is 1.50 bits per heavy atom. The van der Waals surface area contributed by atoms with Gasteiger partial charge in [-0.15, -0.1) is 12.4 Å². The molecule has 0 bridgehead atoms. The highest BCUT2D eigenvalue weighted by atomic mass is 35.5. The van der Waals surface area contributed by atoms with Crippen molar-refractivity contribution in [2.45, 2.75) is 13.0 Å². The van der Waals surface area contributed by atoms with E-state index in [1.54, 1.807) is 36.1 Å². The van der Waals surface area contributed by atoms with E-state index in [1.165, 1.54) is 0 Å². The van der Waals surface area contributed by atoms with Crippen LogP contribution in [0.2, 0.25) is 0 Å². The average molecular weight is 270 g/mol. The van der Waals surface area contributed by atoms with Crippen LogP contribution in [-0.2, 0) is 4.79 Å². The number of piperazine rings is 1. The second-order valence-corrected chi connectivity index (χ2v) is 4.09. The zero-order chi connectivity index (χ0) is 12.4. The summed E-state index contributed by atoms with van der Waals surface area (Å²) in [4.78, 5) is 25.2. The van der Waals surface area contributed by atoms with Crippen LogP contribution in [0.5, 0.6) is 0 Å². The summed E-state index contributed by atoms with van der Waals surface area (Å²) >= 11 is 0. The van der Waals surface area contributed by atoms with Gasteiger partial charge in [-0.25, -0.2) is 0 Å². The van der Waals surface area contributed by atoms with Gasteiger partial charge in [0.15, 0.2) is 0 Å². The van der Waals surface area contributed by atoms with Gasteiger partial charge in [-0.2, -0.15) is 0 Å². The third-order valence-corrected chi connectivity index (χ3v) is 2.89. The van der Waals surface area contributed by atoms with E-state index in [0.717, 1.165) is 0 Å². The molecule has 1 heterocycles. The largest absolute Gasteiger partial charge is 0.399 e. The molecular weight excluding hydrogens is 254 g/mol. The van der Waals surface area contributed by atoms with E-state index < -0.39 is 6.04 Å². The van der Waals surface area contributed by atoms with Crippen LogP contribution in [0, 0.1) is 0 Å². The number of anilines is 1. The first-order valence-electron chi connectivity index (χ1n) is 5.54. The van der Waals surface area contributed by atoms with Crippen LogP contribution in [-0.4, -0.2) is 35.8 Å². The maximum atomic E-state index is 12.2. The molecule has 1 aromatic rings. The molecule has 1 saturated heterocycles. The van der Waals surface area contributed by atoms with Crippen LogP contribution in [0.25, 0.3) is 0 Å². The molecule has 18 heavy (non-hydrogen) atoms. The second kappa shape index (κ2) is 5.73. The SMILES string of the molecule is CC1C(=O)NCCN1C(=O)c1cccc(N)c1.Cl. The zero-order valence-electron chi connectivity index (χ0n) is 10.1. The molecule has 3 N–H and O–H groups in total. The van der Waals surface area contributed by atoms with Gasteiger partial charge < -0.3 is 16.0 Å². The number of hydrogen-bond donors (Lipinski definition) is 2. The lowest BCUT2D eigenvalue weighted by Gasteiger charge is -2.32. The van der Waals surface area contributed by atoms with Crippen molar-refractivity contribution in [2.24, 2.45) is 0 Å². The first kappa shape index (κ1) is 14.3. The third-order valence-electron chi connectivity index (χ3n) is 2.89. The van der Waals surface area contributed by atoms with Crippen molar-refractivity contribution in [2.75, 3.05) is 18.8 Å². The van der Waals surface area contributed by atoms with Crippen molar-refractivity contribution < 1.29 is 9.59 Å². The predicted molar refractivity (Wildman–Crippen MR) is 71.6 cm³/mol. The molecule has 0 aliphatic carbocycles. The Morgan fingerprint density at radius 2 is 2.22 bits per heavy atom. The van der Waals surface area contributed by atoms with E-state index >= 15 is 0 Å². The molecule has 1 atom stereocenters. The van der Waals surface area contributed by atoms with Gasteiger partial charge in [-0.3, -0.25) is 9.59 Å². The van der Waals surface area contributed by atoms with Crippen molar-refractivity contribution in [3.8, 4) is 0 Å². The molecule has 0 saturated carbocycles. The van der Waals surface area contributed by atoms with Gasteiger partial charge in [0, 0.05) is 24.3 Å². The van der Waals surface area contributed by atoms with Crippen LogP contribution in [0.15, 0.2) is 24.3 Å². The summed E-state index contributed by atoms with van der Waals surface area (Å²) in [6, 6.07) is 6.36. The summed E-state index contributed by atoms with van der Waals surface area (Å²) in [6.07, 6.45) is 0. The highest BCUT2D eigenvalue weighted by Crippen LogP contribution is 2.13. The second-order valence-electron chi connectivity index (χ2n) is 4.09. The number of carbonyl (C=O) groups excluding carboxylic acids is 2. The summed E-state index contributed by atoms with van der Waals surface area (Å²) < 4.78 is 0. The molecule has 6 heteroatoms. The molecule has 0 aromatic heterocycles. The van der Waals surface area contributed by atoms with Gasteiger partial charge in [0.05, 0.1) is 0 Å². The van der Waals surface area contributed by atoms with Gasteiger partial charge in [0.25, 0.3) is 5.91 Å². The molecule has 0 radical (unpaired) electrons. The molecule has 1 aliphatic heterocycles. The fourth-order valence-electron chi connectivity index (χ4n) is 1.90. The summed E-state index contributed by atoms with van der Waals surface area (Å²) in [7, 11) is 0. The minimum absolute atomic E-state index is 0. The number of nitrogens with two attached hydrogens (primary N) is 1. The number of rotatable bonds is 1. The molecule has 1 unspecified atom stereocenters. The predicted octanol–water partition coefficient (Wildman–Crippen LogP) is 0.651. The van der Waals surface area contributed by atoms with Crippen LogP contribution >= 0.6 is 12.4 Å². The lowest BCUT2D eigenvalue weighted by Crippen LogP contribution is -2.55. The Hall–Kier alpha value is -1.75. The number of benzene rings is 1. The quantitative estimate of drug-likeness (QED) is 0.735. The van der Waals surface area contributed by atoms with E-state index in [2.05, 4.69) is 5.32 Å². The van der Waals surface area contributed by atoms with Crippen molar-refractivity contribution in [1.82, 2.24) is 10.2 Å². The average Bonchev–Trinajstić information content (AvgIpc) is 2.32. The van der Waals surface area contributed by atoms with Gasteiger partial charge in [0.2, 0.25) is 5.91 Å². The minimum Gasteiger partial charge on any atom is -0.399 e. The summed E-state index contributed by atoms with van der Waals surface area (Å²) in [6.45, 7) is 2.75. The number of nitrogen functional groups attached to an aromatic ring is 1. The van der Waals surface area contributed by atoms with Crippen LogP contribution < -0.4 is 11.1 Å². The standard InChI is InChI=1S/C12H15N3O2.ClH/c1-8-11(16)14-5-6-15(8)12(17)9-3-2-4-10(13)7-9;/h2-4,7-8H,5-6,13H2,1H3,(H,14,16);1H. The van der Waals surface area contributed by atoms with E-state index in [1.807, 2.05) is 0 Å². The third kappa shape index (κ3) is 2.73. The fraction of sp³-hybridized carbons (Fsp3) is 0.333. The van der Waals surface area contributed by atoms with Gasteiger partial charge >= 0.3 is 0 Å². The Labute approximate surface area is 112 Å². The maximum Gasteiger partial charge on any atom is 0.254 e. The molecule has 1 fully saturated rings. The molecular formula is C12H16ClN3O2. The topological polar surface area (TPSA) is 75.4 Å². The number of nitrogens with zero attached hydrogens (tertiary/aromatic N) is 1. The van der Waals surface area contributed by atoms with Crippen LogP contribution in [0.3, 0.4) is 0 Å². The van der Waals surface area contributed by atoms with Crippen LogP contribution in [0.4, 0.5) is 5.69 Å². The fourth-order valence-corrected chi connectivity index (χ4v) is 1.90. The van der Waals surface area contributed by atoms with Crippen molar-refractivity contribution >= 4 is 29.9 Å². The van der Waals surface area contributed by atoms with E-state index in [4.69, 9.17) is 5.73 Å². The minimum atomic E-state index is -0.433. The molecule has 1 aromatic carbocycles. The van der Waals surface area contributed by atoms with Gasteiger partial charge in [-0.1, -0.05) is 6.07 Å². The smallest absolute Gasteiger partial charge is 0.254 e. The number of nitrogens with one attached hydrogen (secondary N) is 1. The Morgan fingerprint density at radius 3 is 2.89 bits per heavy atom. The molecule has 98 valence electrons. The molecule has 5 nitrogen and oxygen atoms in total. The van der Waals surface area contributed by atoms with Gasteiger partial charge in [0.1, 0.15) is 6.04 Å².